The Morgan fingerprint density at radius 2 is 2.03 bits per heavy atom. The molecule has 2 aromatic carbocycles. The van der Waals surface area contributed by atoms with Gasteiger partial charge in [-0.3, -0.25) is 14.9 Å². The van der Waals surface area contributed by atoms with Gasteiger partial charge in [0, 0.05) is 30.0 Å². The van der Waals surface area contributed by atoms with E-state index >= 15 is 0 Å². The number of para-hydroxylation sites is 1. The molecule has 0 aliphatic rings. The summed E-state index contributed by atoms with van der Waals surface area (Å²) in [5, 5.41) is 11.1. The number of nitrogens with zero attached hydrogens (tertiary/aromatic N) is 3. The van der Waals surface area contributed by atoms with Gasteiger partial charge in [0.05, 0.1) is 28.7 Å². The van der Waals surface area contributed by atoms with E-state index in [0.29, 0.717) is 12.1 Å². The Hall–Kier alpha value is -4.19. The first kappa shape index (κ1) is 21.1. The number of carbonyl (C=O) groups is 1. The van der Waals surface area contributed by atoms with E-state index in [1.54, 1.807) is 12.4 Å². The van der Waals surface area contributed by atoms with Gasteiger partial charge in [-0.05, 0) is 68.0 Å². The minimum Gasteiger partial charge on any atom is -0.348 e. The maximum absolute atomic E-state index is 13.0. The van der Waals surface area contributed by atoms with E-state index in [4.69, 9.17) is 0 Å². The highest BCUT2D eigenvalue weighted by Crippen LogP contribution is 2.31. The molecule has 0 fully saturated rings. The van der Waals surface area contributed by atoms with E-state index in [9.17, 15) is 4.79 Å². The molecule has 32 heavy (non-hydrogen) atoms. The molecule has 4 rings (SSSR count). The molecule has 0 atom stereocenters. The van der Waals surface area contributed by atoms with Crippen LogP contribution in [0.25, 0.3) is 17.0 Å². The van der Waals surface area contributed by atoms with Crippen LogP contribution < -0.4 is 10.2 Å². The van der Waals surface area contributed by atoms with Crippen molar-refractivity contribution < 1.29 is 4.79 Å². The summed E-state index contributed by atoms with van der Waals surface area (Å²) >= 11 is 0. The Morgan fingerprint density at radius 3 is 2.84 bits per heavy atom. The number of carbonyl (C=O) groups excluding carboxylic acids is 1. The number of aromatic nitrogens is 3. The maximum atomic E-state index is 13.0. The lowest BCUT2D eigenvalue weighted by molar-refractivity contribution is 0.0957. The van der Waals surface area contributed by atoms with Crippen LogP contribution in [-0.2, 0) is 0 Å². The van der Waals surface area contributed by atoms with Crippen LogP contribution >= 0.6 is 0 Å². The van der Waals surface area contributed by atoms with Crippen LogP contribution in [0.1, 0.15) is 28.5 Å². The van der Waals surface area contributed by atoms with E-state index in [0.717, 1.165) is 39.1 Å². The Kier molecular flexibility index (Phi) is 6.12. The predicted octanol–water partition coefficient (Wildman–Crippen LogP) is 5.38. The van der Waals surface area contributed by atoms with E-state index in [-0.39, 0.29) is 5.91 Å². The Labute approximate surface area is 187 Å². The van der Waals surface area contributed by atoms with Crippen molar-refractivity contribution in [2.75, 3.05) is 11.4 Å². The summed E-state index contributed by atoms with van der Waals surface area (Å²) in [6.07, 6.45) is 7.45. The van der Waals surface area contributed by atoms with Crippen LogP contribution in [0.3, 0.4) is 0 Å². The van der Waals surface area contributed by atoms with Gasteiger partial charge in [-0.25, -0.2) is 0 Å². The Bertz CT molecular complexity index is 1300. The highest BCUT2D eigenvalue weighted by atomic mass is 16.1. The SMILES string of the molecule is C=C(C)CNC(=O)c1ccccc1N(C=Cc1cc(C)ccn1)c1ccc2cn[nH]c2c1. The molecule has 0 saturated heterocycles. The lowest BCUT2D eigenvalue weighted by atomic mass is 10.1. The van der Waals surface area contributed by atoms with E-state index < -0.39 is 0 Å². The number of hydrogen-bond acceptors (Lipinski definition) is 4. The number of hydrogen-bond donors (Lipinski definition) is 2. The summed E-state index contributed by atoms with van der Waals surface area (Å²) in [6.45, 7) is 8.21. The molecule has 2 heterocycles. The van der Waals surface area contributed by atoms with Crippen LogP contribution in [0.2, 0.25) is 0 Å². The van der Waals surface area contributed by atoms with Crippen molar-refractivity contribution in [2.24, 2.45) is 0 Å². The molecule has 0 bridgehead atoms. The summed E-state index contributed by atoms with van der Waals surface area (Å²) < 4.78 is 0. The molecule has 1 amide bonds. The van der Waals surface area contributed by atoms with Gasteiger partial charge in [-0.15, -0.1) is 0 Å². The van der Waals surface area contributed by atoms with E-state index in [2.05, 4.69) is 27.1 Å². The van der Waals surface area contributed by atoms with Gasteiger partial charge < -0.3 is 10.2 Å². The number of benzene rings is 2. The fourth-order valence-electron chi connectivity index (χ4n) is 3.38. The number of H-pyrrole nitrogens is 1. The molecule has 6 heteroatoms. The molecule has 0 saturated carbocycles. The summed E-state index contributed by atoms with van der Waals surface area (Å²) in [7, 11) is 0. The normalized spacial score (nSPS) is 11.1. The Morgan fingerprint density at radius 1 is 1.19 bits per heavy atom. The third-order valence-corrected chi connectivity index (χ3v) is 4.99. The topological polar surface area (TPSA) is 73.9 Å². The highest BCUT2D eigenvalue weighted by Gasteiger charge is 2.17. The lowest BCUT2D eigenvalue weighted by Gasteiger charge is -2.23. The Balaban J connectivity index is 1.79. The largest absolute Gasteiger partial charge is 0.348 e. The van der Waals surface area contributed by atoms with Crippen molar-refractivity contribution >= 4 is 34.3 Å². The highest BCUT2D eigenvalue weighted by molar-refractivity contribution is 6.01. The van der Waals surface area contributed by atoms with Gasteiger partial charge in [-0.1, -0.05) is 24.3 Å². The average Bonchev–Trinajstić information content (AvgIpc) is 3.26. The monoisotopic (exact) mass is 423 g/mol. The molecule has 2 aromatic heterocycles. The van der Waals surface area contributed by atoms with Gasteiger partial charge >= 0.3 is 0 Å². The van der Waals surface area contributed by atoms with Crippen LogP contribution in [-0.4, -0.2) is 27.6 Å². The zero-order chi connectivity index (χ0) is 22.5. The molecular weight excluding hydrogens is 398 g/mol. The second kappa shape index (κ2) is 9.31. The molecule has 2 N–H and O–H groups in total. The first-order valence-corrected chi connectivity index (χ1v) is 10.4. The first-order chi connectivity index (χ1) is 15.5. The molecule has 0 unspecified atom stereocenters. The van der Waals surface area contributed by atoms with E-state index in [1.165, 1.54) is 0 Å². The number of fused-ring (bicyclic) bond motifs is 1. The quantitative estimate of drug-likeness (QED) is 0.391. The van der Waals surface area contributed by atoms with Crippen molar-refractivity contribution in [3.8, 4) is 0 Å². The van der Waals surface area contributed by atoms with Crippen LogP contribution in [0.4, 0.5) is 11.4 Å². The molecule has 0 aliphatic heterocycles. The zero-order valence-corrected chi connectivity index (χ0v) is 18.2. The van der Waals surface area contributed by atoms with Crippen molar-refractivity contribution in [2.45, 2.75) is 13.8 Å². The van der Waals surface area contributed by atoms with Crippen LogP contribution in [0.15, 0.2) is 85.3 Å². The fourth-order valence-corrected chi connectivity index (χ4v) is 3.38. The van der Waals surface area contributed by atoms with Gasteiger partial charge in [0.15, 0.2) is 0 Å². The summed E-state index contributed by atoms with van der Waals surface area (Å²) in [5.41, 5.74) is 5.99. The summed E-state index contributed by atoms with van der Waals surface area (Å²) in [4.78, 5) is 19.4. The standard InChI is InChI=1S/C26H25N5O/c1-18(2)16-28-26(32)23-6-4-5-7-25(23)31(13-11-21-14-19(3)10-12-27-21)22-9-8-20-17-29-30-24(20)15-22/h4-15,17H,1,16H2,2-3H3,(H,28,32)(H,29,30). The lowest BCUT2D eigenvalue weighted by Crippen LogP contribution is -2.26. The summed E-state index contributed by atoms with van der Waals surface area (Å²) in [6, 6.07) is 17.5. The van der Waals surface area contributed by atoms with Gasteiger partial charge in [-0.2, -0.15) is 5.10 Å². The zero-order valence-electron chi connectivity index (χ0n) is 18.2. The molecule has 0 radical (unpaired) electrons. The molecule has 4 aromatic rings. The van der Waals surface area contributed by atoms with Crippen molar-refractivity contribution in [1.82, 2.24) is 20.5 Å². The molecule has 160 valence electrons. The van der Waals surface area contributed by atoms with Gasteiger partial charge in [0.2, 0.25) is 0 Å². The fraction of sp³-hybridized carbons (Fsp3) is 0.115. The minimum atomic E-state index is -0.154. The van der Waals surface area contributed by atoms with Crippen LogP contribution in [0.5, 0.6) is 0 Å². The summed E-state index contributed by atoms with van der Waals surface area (Å²) in [5.74, 6) is -0.154. The van der Waals surface area contributed by atoms with Crippen LogP contribution in [0, 0.1) is 6.92 Å². The maximum Gasteiger partial charge on any atom is 0.253 e. The number of aromatic amines is 1. The molecule has 0 aliphatic carbocycles. The number of nitrogens with one attached hydrogen (secondary N) is 2. The molecule has 6 nitrogen and oxygen atoms in total. The second-order valence-corrected chi connectivity index (χ2v) is 7.74. The molecule has 0 spiro atoms. The number of aryl methyl sites for hydroxylation is 1. The third-order valence-electron chi connectivity index (χ3n) is 4.99. The van der Waals surface area contributed by atoms with Crippen molar-refractivity contribution in [1.29, 1.82) is 0 Å². The predicted molar refractivity (Wildman–Crippen MR) is 130 cm³/mol. The number of rotatable bonds is 7. The number of anilines is 2. The smallest absolute Gasteiger partial charge is 0.253 e. The first-order valence-electron chi connectivity index (χ1n) is 10.4. The van der Waals surface area contributed by atoms with E-state index in [1.807, 2.05) is 85.6 Å². The van der Waals surface area contributed by atoms with Crippen molar-refractivity contribution in [3.05, 3.63) is 102 Å². The average molecular weight is 424 g/mol. The van der Waals surface area contributed by atoms with Crippen molar-refractivity contribution in [3.63, 3.8) is 0 Å². The number of pyridine rings is 1. The van der Waals surface area contributed by atoms with Gasteiger partial charge in [0.25, 0.3) is 5.91 Å². The number of amides is 1. The van der Waals surface area contributed by atoms with Gasteiger partial charge in [0.1, 0.15) is 0 Å². The second-order valence-electron chi connectivity index (χ2n) is 7.74. The minimum absolute atomic E-state index is 0.154. The molecular formula is C26H25N5O. The third kappa shape index (κ3) is 4.75.